The molecule has 0 aliphatic rings. The second kappa shape index (κ2) is 8.29. The highest BCUT2D eigenvalue weighted by molar-refractivity contribution is 7.99. The second-order valence-corrected chi connectivity index (χ2v) is 6.88. The van der Waals surface area contributed by atoms with Crippen LogP contribution in [0.3, 0.4) is 0 Å². The van der Waals surface area contributed by atoms with E-state index in [4.69, 9.17) is 11.6 Å². The van der Waals surface area contributed by atoms with Crippen molar-refractivity contribution in [2.75, 3.05) is 5.75 Å². The highest BCUT2D eigenvalue weighted by atomic mass is 35.5. The largest absolute Gasteiger partial charge is 0.351 e. The number of hydrogen-bond acceptors (Lipinski definition) is 5. The van der Waals surface area contributed by atoms with Crippen LogP contribution >= 0.6 is 23.4 Å². The molecule has 0 aliphatic carbocycles. The fourth-order valence-corrected chi connectivity index (χ4v) is 3.06. The Kier molecular flexibility index (Phi) is 5.85. The summed E-state index contributed by atoms with van der Waals surface area (Å²) >= 11 is 7.10. The number of nitrogens with zero attached hydrogens (tertiary/aromatic N) is 4. The van der Waals surface area contributed by atoms with E-state index in [1.807, 2.05) is 0 Å². The summed E-state index contributed by atoms with van der Waals surface area (Å²) < 4.78 is 14.8. The van der Waals surface area contributed by atoms with Gasteiger partial charge in [-0.2, -0.15) is 4.68 Å². The average Bonchev–Trinajstić information content (AvgIpc) is 3.10. The zero-order chi connectivity index (χ0) is 18.5. The number of aryl methyl sites for hydroxylation is 1. The number of benzene rings is 2. The summed E-state index contributed by atoms with van der Waals surface area (Å²) in [4.78, 5) is 12.1. The van der Waals surface area contributed by atoms with Gasteiger partial charge in [-0.1, -0.05) is 35.5 Å². The Labute approximate surface area is 158 Å². The van der Waals surface area contributed by atoms with Crippen LogP contribution in [-0.2, 0) is 11.3 Å². The molecule has 2 aromatic carbocycles. The molecule has 0 aliphatic heterocycles. The summed E-state index contributed by atoms with van der Waals surface area (Å²) in [5.41, 5.74) is 2.14. The van der Waals surface area contributed by atoms with E-state index in [9.17, 15) is 9.18 Å². The summed E-state index contributed by atoms with van der Waals surface area (Å²) in [6.45, 7) is 2.02. The summed E-state index contributed by atoms with van der Waals surface area (Å²) in [5.74, 6) is -0.263. The molecular weight excluding hydrogens is 377 g/mol. The highest BCUT2D eigenvalue weighted by Gasteiger charge is 2.11. The third kappa shape index (κ3) is 4.59. The molecule has 6 nitrogen and oxygen atoms in total. The molecule has 0 saturated carbocycles. The van der Waals surface area contributed by atoms with Gasteiger partial charge in [0.2, 0.25) is 11.1 Å². The number of thioether (sulfide) groups is 1. The first-order valence-corrected chi connectivity index (χ1v) is 9.08. The van der Waals surface area contributed by atoms with Gasteiger partial charge in [0.15, 0.2) is 0 Å². The van der Waals surface area contributed by atoms with Crippen molar-refractivity contribution in [2.45, 2.75) is 18.6 Å². The number of rotatable bonds is 6. The zero-order valence-electron chi connectivity index (χ0n) is 13.8. The number of tetrazole rings is 1. The quantitative estimate of drug-likeness (QED) is 0.653. The normalized spacial score (nSPS) is 10.7. The number of halogens is 2. The summed E-state index contributed by atoms with van der Waals surface area (Å²) in [7, 11) is 0. The molecule has 1 aromatic heterocycles. The molecule has 0 atom stereocenters. The minimum absolute atomic E-state index is 0.161. The number of nitrogens with one attached hydrogen (secondary N) is 1. The predicted molar refractivity (Wildman–Crippen MR) is 97.9 cm³/mol. The Morgan fingerprint density at radius 2 is 2.04 bits per heavy atom. The first-order valence-electron chi connectivity index (χ1n) is 7.72. The van der Waals surface area contributed by atoms with Crippen molar-refractivity contribution in [3.8, 4) is 5.69 Å². The van der Waals surface area contributed by atoms with Crippen molar-refractivity contribution < 1.29 is 9.18 Å². The molecule has 0 fully saturated rings. The Balaban J connectivity index is 1.56. The van der Waals surface area contributed by atoms with Crippen LogP contribution in [0.1, 0.15) is 11.1 Å². The summed E-state index contributed by atoms with van der Waals surface area (Å²) in [6.07, 6.45) is 0. The smallest absolute Gasteiger partial charge is 0.230 e. The molecule has 3 rings (SSSR count). The molecule has 0 spiro atoms. The van der Waals surface area contributed by atoms with E-state index in [1.165, 1.54) is 22.5 Å². The van der Waals surface area contributed by atoms with Crippen LogP contribution in [0.4, 0.5) is 4.39 Å². The Morgan fingerprint density at radius 3 is 2.77 bits per heavy atom. The molecule has 1 N–H and O–H groups in total. The van der Waals surface area contributed by atoms with Crippen LogP contribution < -0.4 is 5.32 Å². The van der Waals surface area contributed by atoms with E-state index >= 15 is 0 Å². The number of aromatic nitrogens is 4. The van der Waals surface area contributed by atoms with Gasteiger partial charge in [0.25, 0.3) is 0 Å². The minimum atomic E-state index is -0.260. The maximum atomic E-state index is 13.3. The second-order valence-electron chi connectivity index (χ2n) is 5.50. The number of carbonyl (C=O) groups excluding carboxylic acids is 1. The maximum Gasteiger partial charge on any atom is 0.230 e. The van der Waals surface area contributed by atoms with Gasteiger partial charge in [-0.05, 0) is 58.8 Å². The van der Waals surface area contributed by atoms with E-state index < -0.39 is 0 Å². The lowest BCUT2D eigenvalue weighted by atomic mass is 10.1. The number of carbonyl (C=O) groups is 1. The third-order valence-electron chi connectivity index (χ3n) is 3.56. The van der Waals surface area contributed by atoms with Crippen LogP contribution in [0, 0.1) is 12.7 Å². The fourth-order valence-electron chi connectivity index (χ4n) is 2.21. The topological polar surface area (TPSA) is 72.7 Å². The van der Waals surface area contributed by atoms with E-state index in [-0.39, 0.29) is 17.5 Å². The zero-order valence-corrected chi connectivity index (χ0v) is 15.4. The highest BCUT2D eigenvalue weighted by Crippen LogP contribution is 2.19. The molecule has 3 aromatic rings. The van der Waals surface area contributed by atoms with Gasteiger partial charge in [0.05, 0.1) is 11.4 Å². The standard InChI is InChI=1S/C17H15ClFN5OS/c1-11-8-12(2-7-15(11)19)9-20-16(25)10-26-17-21-22-23-24(17)14-5-3-13(18)4-6-14/h2-8H,9-10H2,1H3,(H,20,25). The molecule has 0 radical (unpaired) electrons. The van der Waals surface area contributed by atoms with E-state index in [1.54, 1.807) is 43.3 Å². The maximum absolute atomic E-state index is 13.3. The molecule has 1 amide bonds. The Morgan fingerprint density at radius 1 is 1.27 bits per heavy atom. The lowest BCUT2D eigenvalue weighted by molar-refractivity contribution is -0.118. The minimum Gasteiger partial charge on any atom is -0.351 e. The van der Waals surface area contributed by atoms with E-state index in [2.05, 4.69) is 20.8 Å². The lowest BCUT2D eigenvalue weighted by Gasteiger charge is -2.07. The van der Waals surface area contributed by atoms with Crippen molar-refractivity contribution in [3.05, 3.63) is 64.4 Å². The number of hydrogen-bond donors (Lipinski definition) is 1. The molecule has 1 heterocycles. The average molecular weight is 392 g/mol. The van der Waals surface area contributed by atoms with E-state index in [0.29, 0.717) is 22.3 Å². The van der Waals surface area contributed by atoms with Gasteiger partial charge in [-0.25, -0.2) is 4.39 Å². The van der Waals surface area contributed by atoms with Gasteiger partial charge >= 0.3 is 0 Å². The number of amides is 1. The van der Waals surface area contributed by atoms with Gasteiger partial charge < -0.3 is 5.32 Å². The lowest BCUT2D eigenvalue weighted by Crippen LogP contribution is -2.24. The van der Waals surface area contributed by atoms with E-state index in [0.717, 1.165) is 11.3 Å². The summed E-state index contributed by atoms with van der Waals surface area (Å²) in [5, 5.41) is 15.4. The van der Waals surface area contributed by atoms with Crippen LogP contribution in [-0.4, -0.2) is 31.9 Å². The van der Waals surface area contributed by atoms with Crippen LogP contribution in [0.2, 0.25) is 5.02 Å². The van der Waals surface area contributed by atoms with Crippen molar-refractivity contribution in [1.29, 1.82) is 0 Å². The Hall–Kier alpha value is -2.45. The Bertz CT molecular complexity index is 916. The molecule has 0 saturated heterocycles. The van der Waals surface area contributed by atoms with Crippen molar-refractivity contribution >= 4 is 29.3 Å². The SMILES string of the molecule is Cc1cc(CNC(=O)CSc2nnnn2-c2ccc(Cl)cc2)ccc1F. The van der Waals surface area contributed by atoms with Gasteiger partial charge in [0.1, 0.15) is 5.82 Å². The van der Waals surface area contributed by atoms with Crippen molar-refractivity contribution in [3.63, 3.8) is 0 Å². The molecule has 9 heteroatoms. The monoisotopic (exact) mass is 391 g/mol. The summed E-state index contributed by atoms with van der Waals surface area (Å²) in [6, 6.07) is 11.8. The fraction of sp³-hybridized carbons (Fsp3) is 0.176. The van der Waals surface area contributed by atoms with Crippen LogP contribution in [0.5, 0.6) is 0 Å². The molecule has 0 unspecified atom stereocenters. The van der Waals surface area contributed by atoms with Crippen molar-refractivity contribution in [2.24, 2.45) is 0 Å². The predicted octanol–water partition coefficient (Wildman–Crippen LogP) is 3.17. The third-order valence-corrected chi connectivity index (χ3v) is 4.73. The van der Waals surface area contributed by atoms with Gasteiger partial charge in [-0.3, -0.25) is 4.79 Å². The molecule has 134 valence electrons. The van der Waals surface area contributed by atoms with Gasteiger partial charge in [0, 0.05) is 11.6 Å². The van der Waals surface area contributed by atoms with Crippen LogP contribution in [0.15, 0.2) is 47.6 Å². The van der Waals surface area contributed by atoms with Crippen LogP contribution in [0.25, 0.3) is 5.69 Å². The molecule has 26 heavy (non-hydrogen) atoms. The molecular formula is C17H15ClFN5OS. The first-order chi connectivity index (χ1) is 12.5. The first kappa shape index (κ1) is 18.3. The molecule has 0 bridgehead atoms. The van der Waals surface area contributed by atoms with Crippen molar-refractivity contribution in [1.82, 2.24) is 25.5 Å². The van der Waals surface area contributed by atoms with Gasteiger partial charge in [-0.15, -0.1) is 5.10 Å².